The molecule has 0 saturated carbocycles. The van der Waals surface area contributed by atoms with E-state index in [1.807, 2.05) is 30.3 Å². The van der Waals surface area contributed by atoms with Gasteiger partial charge in [-0.3, -0.25) is 4.79 Å². The van der Waals surface area contributed by atoms with Gasteiger partial charge in [-0.25, -0.2) is 13.8 Å². The van der Waals surface area contributed by atoms with E-state index in [2.05, 4.69) is 10.3 Å². The molecule has 3 aromatic carbocycles. The molecule has 0 radical (unpaired) electrons. The second-order valence-electron chi connectivity index (χ2n) is 7.50. The van der Waals surface area contributed by atoms with E-state index in [0.717, 1.165) is 17.2 Å². The van der Waals surface area contributed by atoms with E-state index < -0.39 is 11.6 Å². The van der Waals surface area contributed by atoms with Gasteiger partial charge in [0.2, 0.25) is 6.79 Å². The SMILES string of the molecule is O=C(NCc1ccc2c(c1)OCO2)c1csc(-c2ccc(OCc3cc(F)cc(F)c3)cc2)n1. The second-order valence-corrected chi connectivity index (χ2v) is 8.36. The molecule has 6 nitrogen and oxygen atoms in total. The van der Waals surface area contributed by atoms with Crippen molar-refractivity contribution in [2.24, 2.45) is 0 Å². The van der Waals surface area contributed by atoms with Crippen LogP contribution in [0.3, 0.4) is 0 Å². The van der Waals surface area contributed by atoms with E-state index in [1.165, 1.54) is 23.5 Å². The Balaban J connectivity index is 1.18. The van der Waals surface area contributed by atoms with Crippen molar-refractivity contribution in [1.29, 1.82) is 0 Å². The number of ether oxygens (including phenoxy) is 3. The van der Waals surface area contributed by atoms with Gasteiger partial charge in [0.05, 0.1) is 0 Å². The van der Waals surface area contributed by atoms with Gasteiger partial charge in [0.25, 0.3) is 5.91 Å². The lowest BCUT2D eigenvalue weighted by atomic mass is 10.2. The van der Waals surface area contributed by atoms with Gasteiger partial charge in [-0.15, -0.1) is 11.3 Å². The fourth-order valence-corrected chi connectivity index (χ4v) is 4.20. The molecule has 0 bridgehead atoms. The van der Waals surface area contributed by atoms with Crippen molar-refractivity contribution in [3.63, 3.8) is 0 Å². The Morgan fingerprint density at radius 2 is 1.74 bits per heavy atom. The van der Waals surface area contributed by atoms with Crippen molar-refractivity contribution in [2.45, 2.75) is 13.2 Å². The average molecular weight is 480 g/mol. The van der Waals surface area contributed by atoms with Gasteiger partial charge in [-0.05, 0) is 59.7 Å². The molecule has 5 rings (SSSR count). The van der Waals surface area contributed by atoms with E-state index in [-0.39, 0.29) is 19.3 Å². The molecule has 0 spiro atoms. The molecule has 1 aromatic heterocycles. The van der Waals surface area contributed by atoms with Gasteiger partial charge in [0.1, 0.15) is 34.7 Å². The first kappa shape index (κ1) is 21.8. The molecule has 172 valence electrons. The minimum absolute atomic E-state index is 0.0406. The van der Waals surface area contributed by atoms with E-state index in [9.17, 15) is 13.6 Å². The summed E-state index contributed by atoms with van der Waals surface area (Å²) in [4.78, 5) is 17.0. The number of thiazole rings is 1. The third kappa shape index (κ3) is 4.99. The fraction of sp³-hybridized carbons (Fsp3) is 0.120. The average Bonchev–Trinajstić information content (AvgIpc) is 3.50. The summed E-state index contributed by atoms with van der Waals surface area (Å²) < 4.78 is 42.8. The molecule has 1 amide bonds. The van der Waals surface area contributed by atoms with Crippen LogP contribution in [0.2, 0.25) is 0 Å². The van der Waals surface area contributed by atoms with Gasteiger partial charge >= 0.3 is 0 Å². The van der Waals surface area contributed by atoms with Crippen LogP contribution in [0.25, 0.3) is 10.6 Å². The van der Waals surface area contributed by atoms with E-state index in [4.69, 9.17) is 14.2 Å². The van der Waals surface area contributed by atoms with Gasteiger partial charge in [-0.2, -0.15) is 0 Å². The number of benzene rings is 3. The van der Waals surface area contributed by atoms with Crippen molar-refractivity contribution in [1.82, 2.24) is 10.3 Å². The normalized spacial score (nSPS) is 11.9. The minimum atomic E-state index is -0.645. The molecule has 0 aliphatic carbocycles. The Kier molecular flexibility index (Phi) is 6.09. The summed E-state index contributed by atoms with van der Waals surface area (Å²) in [5.74, 6) is 0.340. The Hall–Kier alpha value is -3.98. The number of hydrogen-bond donors (Lipinski definition) is 1. The number of rotatable bonds is 7. The highest BCUT2D eigenvalue weighted by Crippen LogP contribution is 2.32. The summed E-state index contributed by atoms with van der Waals surface area (Å²) in [5, 5.41) is 5.24. The first-order valence-corrected chi connectivity index (χ1v) is 11.2. The number of aromatic nitrogens is 1. The van der Waals surface area contributed by atoms with Crippen LogP contribution in [0.4, 0.5) is 8.78 Å². The first-order valence-electron chi connectivity index (χ1n) is 10.3. The minimum Gasteiger partial charge on any atom is -0.489 e. The highest BCUT2D eigenvalue weighted by Gasteiger charge is 2.15. The summed E-state index contributed by atoms with van der Waals surface area (Å²) in [5.41, 5.74) is 2.45. The zero-order valence-electron chi connectivity index (χ0n) is 17.7. The summed E-state index contributed by atoms with van der Waals surface area (Å²) >= 11 is 1.36. The summed E-state index contributed by atoms with van der Waals surface area (Å²) in [7, 11) is 0. The molecule has 1 aliphatic heterocycles. The summed E-state index contributed by atoms with van der Waals surface area (Å²) in [6.07, 6.45) is 0. The van der Waals surface area contributed by atoms with Crippen LogP contribution in [0.5, 0.6) is 17.2 Å². The Bertz CT molecular complexity index is 1320. The number of carbonyl (C=O) groups is 1. The van der Waals surface area contributed by atoms with E-state index in [1.54, 1.807) is 17.5 Å². The maximum atomic E-state index is 13.3. The smallest absolute Gasteiger partial charge is 0.271 e. The van der Waals surface area contributed by atoms with Crippen LogP contribution < -0.4 is 19.5 Å². The van der Waals surface area contributed by atoms with Crippen LogP contribution in [0.15, 0.2) is 66.0 Å². The Morgan fingerprint density at radius 1 is 0.971 bits per heavy atom. The molecular formula is C25H18F2N2O4S. The molecule has 4 aromatic rings. The summed E-state index contributed by atoms with van der Waals surface area (Å²) in [6, 6.07) is 15.9. The number of nitrogens with zero attached hydrogens (tertiary/aromatic N) is 1. The first-order chi connectivity index (χ1) is 16.5. The molecule has 1 aliphatic rings. The second kappa shape index (κ2) is 9.48. The standard InChI is InChI=1S/C25H18F2N2O4S/c26-18-7-16(8-19(27)10-18)12-31-20-4-2-17(3-5-20)25-29-21(13-34-25)24(30)28-11-15-1-6-22-23(9-15)33-14-32-22/h1-10,13H,11-12,14H2,(H,28,30). The predicted molar refractivity (Wildman–Crippen MR) is 122 cm³/mol. The zero-order chi connectivity index (χ0) is 23.5. The highest BCUT2D eigenvalue weighted by molar-refractivity contribution is 7.13. The molecule has 2 heterocycles. The lowest BCUT2D eigenvalue weighted by Gasteiger charge is -2.07. The topological polar surface area (TPSA) is 69.7 Å². The number of carbonyl (C=O) groups excluding carboxylic acids is 1. The lowest BCUT2D eigenvalue weighted by molar-refractivity contribution is 0.0946. The molecule has 0 unspecified atom stereocenters. The van der Waals surface area contributed by atoms with Crippen molar-refractivity contribution in [2.75, 3.05) is 6.79 Å². The van der Waals surface area contributed by atoms with Crippen molar-refractivity contribution >= 4 is 17.2 Å². The number of amides is 1. The number of fused-ring (bicyclic) bond motifs is 1. The van der Waals surface area contributed by atoms with Crippen LogP contribution in [0.1, 0.15) is 21.6 Å². The Morgan fingerprint density at radius 3 is 2.53 bits per heavy atom. The van der Waals surface area contributed by atoms with Gasteiger partial charge in [-0.1, -0.05) is 6.07 Å². The third-order valence-corrected chi connectivity index (χ3v) is 5.95. The van der Waals surface area contributed by atoms with E-state index in [0.29, 0.717) is 40.1 Å². The molecule has 1 N–H and O–H groups in total. The quantitative estimate of drug-likeness (QED) is 0.387. The third-order valence-electron chi connectivity index (χ3n) is 5.06. The fourth-order valence-electron chi connectivity index (χ4n) is 3.39. The lowest BCUT2D eigenvalue weighted by Crippen LogP contribution is -2.23. The maximum Gasteiger partial charge on any atom is 0.271 e. The van der Waals surface area contributed by atoms with E-state index >= 15 is 0 Å². The Labute approximate surface area is 197 Å². The molecule has 9 heteroatoms. The van der Waals surface area contributed by atoms with Crippen molar-refractivity contribution in [3.05, 3.63) is 94.5 Å². The van der Waals surface area contributed by atoms with Crippen LogP contribution >= 0.6 is 11.3 Å². The van der Waals surface area contributed by atoms with Crippen molar-refractivity contribution in [3.8, 4) is 27.8 Å². The molecule has 0 atom stereocenters. The number of halogens is 2. The summed E-state index contributed by atoms with van der Waals surface area (Å²) in [6.45, 7) is 0.579. The largest absolute Gasteiger partial charge is 0.489 e. The zero-order valence-corrected chi connectivity index (χ0v) is 18.5. The predicted octanol–water partition coefficient (Wildman–Crippen LogP) is 5.33. The monoisotopic (exact) mass is 480 g/mol. The van der Waals surface area contributed by atoms with Gasteiger partial charge in [0.15, 0.2) is 11.5 Å². The van der Waals surface area contributed by atoms with Gasteiger partial charge in [0, 0.05) is 23.6 Å². The highest BCUT2D eigenvalue weighted by atomic mass is 32.1. The number of hydrogen-bond acceptors (Lipinski definition) is 6. The van der Waals surface area contributed by atoms with Crippen LogP contribution in [-0.2, 0) is 13.2 Å². The molecule has 0 saturated heterocycles. The van der Waals surface area contributed by atoms with Crippen LogP contribution in [-0.4, -0.2) is 17.7 Å². The van der Waals surface area contributed by atoms with Crippen LogP contribution in [0, 0.1) is 11.6 Å². The molecule has 34 heavy (non-hydrogen) atoms. The van der Waals surface area contributed by atoms with Crippen molar-refractivity contribution < 1.29 is 27.8 Å². The maximum absolute atomic E-state index is 13.3. The number of nitrogens with one attached hydrogen (secondary N) is 1. The molecular weight excluding hydrogens is 462 g/mol. The van der Waals surface area contributed by atoms with Gasteiger partial charge < -0.3 is 19.5 Å². The molecule has 0 fully saturated rings.